The Morgan fingerprint density at radius 1 is 1.09 bits per heavy atom. The number of benzene rings is 2. The van der Waals surface area contributed by atoms with Crippen LogP contribution < -0.4 is 9.64 Å². The van der Waals surface area contributed by atoms with Crippen molar-refractivity contribution in [2.75, 3.05) is 51.3 Å². The van der Waals surface area contributed by atoms with Gasteiger partial charge in [-0.1, -0.05) is 29.3 Å². The molecule has 2 fully saturated rings. The van der Waals surface area contributed by atoms with Crippen LogP contribution in [-0.4, -0.2) is 67.0 Å². The maximum atomic E-state index is 6.54. The fourth-order valence-corrected chi connectivity index (χ4v) is 4.93. The molecule has 34 heavy (non-hydrogen) atoms. The van der Waals surface area contributed by atoms with E-state index in [1.807, 2.05) is 29.0 Å². The van der Waals surface area contributed by atoms with E-state index in [2.05, 4.69) is 34.0 Å². The summed E-state index contributed by atoms with van der Waals surface area (Å²) in [6.07, 6.45) is 5.06. The molecule has 0 aliphatic carbocycles. The Balaban J connectivity index is 1.25. The molecule has 3 aromatic rings. The second-order valence-electron chi connectivity index (χ2n) is 8.76. The van der Waals surface area contributed by atoms with Crippen LogP contribution in [0, 0.1) is 0 Å². The minimum atomic E-state index is -1.05. The van der Waals surface area contributed by atoms with E-state index in [-0.39, 0.29) is 6.10 Å². The monoisotopic (exact) mass is 502 g/mol. The van der Waals surface area contributed by atoms with Crippen LogP contribution in [-0.2, 0) is 21.8 Å². The summed E-state index contributed by atoms with van der Waals surface area (Å²) >= 11 is 12.7. The summed E-state index contributed by atoms with van der Waals surface area (Å²) in [6, 6.07) is 13.6. The van der Waals surface area contributed by atoms with Gasteiger partial charge < -0.3 is 28.6 Å². The molecule has 0 saturated carbocycles. The van der Waals surface area contributed by atoms with Crippen molar-refractivity contribution in [3.63, 3.8) is 0 Å². The zero-order chi connectivity index (χ0) is 23.5. The summed E-state index contributed by atoms with van der Waals surface area (Å²) in [5.41, 5.74) is 1.95. The molecule has 0 amide bonds. The predicted molar refractivity (Wildman–Crippen MR) is 133 cm³/mol. The molecule has 2 aliphatic heterocycles. The Morgan fingerprint density at radius 2 is 1.88 bits per heavy atom. The third kappa shape index (κ3) is 5.19. The minimum Gasteiger partial charge on any atom is -0.491 e. The first-order valence-electron chi connectivity index (χ1n) is 11.4. The van der Waals surface area contributed by atoms with E-state index in [9.17, 15) is 0 Å². The van der Waals surface area contributed by atoms with Crippen molar-refractivity contribution in [1.82, 2.24) is 14.5 Å². The number of likely N-dealkylation sites (N-methyl/N-ethyl adjacent to an activating group) is 1. The highest BCUT2D eigenvalue weighted by molar-refractivity contribution is 6.35. The second kappa shape index (κ2) is 10.1. The molecule has 0 bridgehead atoms. The van der Waals surface area contributed by atoms with Crippen LogP contribution in [0.25, 0.3) is 0 Å². The van der Waals surface area contributed by atoms with Gasteiger partial charge in [0.2, 0.25) is 5.79 Å². The first-order chi connectivity index (χ1) is 16.5. The van der Waals surface area contributed by atoms with Crippen LogP contribution in [0.3, 0.4) is 0 Å². The average molecular weight is 503 g/mol. The highest BCUT2D eigenvalue weighted by Gasteiger charge is 2.45. The van der Waals surface area contributed by atoms with Gasteiger partial charge in [-0.3, -0.25) is 0 Å². The molecule has 0 N–H and O–H groups in total. The third-order valence-electron chi connectivity index (χ3n) is 6.29. The van der Waals surface area contributed by atoms with Gasteiger partial charge in [0.15, 0.2) is 0 Å². The molecular formula is C25H28Cl2N4O3. The lowest BCUT2D eigenvalue weighted by Crippen LogP contribution is -2.44. The molecule has 7 nitrogen and oxygen atoms in total. The van der Waals surface area contributed by atoms with E-state index in [1.165, 1.54) is 5.69 Å². The predicted octanol–water partition coefficient (Wildman–Crippen LogP) is 4.29. The van der Waals surface area contributed by atoms with Crippen molar-refractivity contribution < 1.29 is 14.2 Å². The molecule has 1 aromatic heterocycles. The van der Waals surface area contributed by atoms with Crippen LogP contribution >= 0.6 is 23.2 Å². The van der Waals surface area contributed by atoms with E-state index in [0.717, 1.165) is 37.5 Å². The Morgan fingerprint density at radius 3 is 2.59 bits per heavy atom. The Bertz CT molecular complexity index is 1090. The highest BCUT2D eigenvalue weighted by atomic mass is 35.5. The lowest BCUT2D eigenvalue weighted by Gasteiger charge is -2.34. The van der Waals surface area contributed by atoms with Crippen molar-refractivity contribution in [2.45, 2.75) is 18.4 Å². The molecule has 5 rings (SSSR count). The van der Waals surface area contributed by atoms with Crippen molar-refractivity contribution in [3.8, 4) is 5.75 Å². The van der Waals surface area contributed by atoms with Crippen LogP contribution in [0.15, 0.2) is 61.2 Å². The number of hydrogen-bond acceptors (Lipinski definition) is 6. The van der Waals surface area contributed by atoms with E-state index in [1.54, 1.807) is 24.7 Å². The smallest absolute Gasteiger partial charge is 0.215 e. The SMILES string of the molecule is CN1CCN(c2ccc(OC[C@H]3CO[C@@](Cn4ccnc4)(c4ccc(Cl)cc4Cl)O3)cc2)CC1. The second-order valence-corrected chi connectivity index (χ2v) is 9.60. The zero-order valence-corrected chi connectivity index (χ0v) is 20.6. The van der Waals surface area contributed by atoms with Crippen LogP contribution in [0.4, 0.5) is 5.69 Å². The van der Waals surface area contributed by atoms with Gasteiger partial charge >= 0.3 is 0 Å². The summed E-state index contributed by atoms with van der Waals surface area (Å²) in [4.78, 5) is 8.88. The van der Waals surface area contributed by atoms with Gasteiger partial charge in [0.05, 0.1) is 24.5 Å². The summed E-state index contributed by atoms with van der Waals surface area (Å²) in [5.74, 6) is -0.250. The molecule has 2 saturated heterocycles. The summed E-state index contributed by atoms with van der Waals surface area (Å²) in [7, 11) is 2.16. The number of nitrogens with zero attached hydrogens (tertiary/aromatic N) is 4. The molecular weight excluding hydrogens is 475 g/mol. The largest absolute Gasteiger partial charge is 0.491 e. The summed E-state index contributed by atoms with van der Waals surface area (Å²) < 4.78 is 20.6. The molecule has 2 atom stereocenters. The standard InChI is InChI=1S/C25H28Cl2N4O3/c1-29-10-12-31(13-11-29)20-3-5-21(6-4-20)32-15-22-16-33-25(34-22,17-30-9-8-28-18-30)23-7-2-19(26)14-24(23)27/h2-9,14,18,22H,10-13,15-17H2,1H3/t22-,25+/m0/s1. The van der Waals surface area contributed by atoms with Gasteiger partial charge in [-0.25, -0.2) is 4.98 Å². The number of ether oxygens (including phenoxy) is 3. The lowest BCUT2D eigenvalue weighted by atomic mass is 10.1. The minimum absolute atomic E-state index is 0.257. The number of halogens is 2. The summed E-state index contributed by atoms with van der Waals surface area (Å²) in [6.45, 7) is 5.39. The van der Waals surface area contributed by atoms with Gasteiger partial charge in [0.1, 0.15) is 18.5 Å². The van der Waals surface area contributed by atoms with Gasteiger partial charge in [0.25, 0.3) is 0 Å². The third-order valence-corrected chi connectivity index (χ3v) is 6.84. The van der Waals surface area contributed by atoms with Crippen LogP contribution in [0.5, 0.6) is 5.75 Å². The quantitative estimate of drug-likeness (QED) is 0.480. The molecule has 180 valence electrons. The lowest BCUT2D eigenvalue weighted by molar-refractivity contribution is -0.189. The van der Waals surface area contributed by atoms with Crippen molar-refractivity contribution >= 4 is 28.9 Å². The molecule has 2 aromatic carbocycles. The first-order valence-corrected chi connectivity index (χ1v) is 12.2. The maximum absolute atomic E-state index is 6.54. The van der Waals surface area contributed by atoms with E-state index in [0.29, 0.717) is 29.8 Å². The van der Waals surface area contributed by atoms with Gasteiger partial charge in [0, 0.05) is 54.8 Å². The number of anilines is 1. The van der Waals surface area contributed by atoms with Gasteiger partial charge in [-0.15, -0.1) is 0 Å². The molecule has 9 heteroatoms. The Kier molecular flexibility index (Phi) is 6.99. The van der Waals surface area contributed by atoms with E-state index in [4.69, 9.17) is 37.4 Å². The highest BCUT2D eigenvalue weighted by Crippen LogP contribution is 2.40. The fourth-order valence-electron chi connectivity index (χ4n) is 4.38. The molecule has 3 heterocycles. The Hall–Kier alpha value is -2.29. The first kappa shape index (κ1) is 23.5. The zero-order valence-electron chi connectivity index (χ0n) is 19.1. The van der Waals surface area contributed by atoms with Crippen molar-refractivity contribution in [2.24, 2.45) is 0 Å². The topological polar surface area (TPSA) is 52.0 Å². The fraction of sp³-hybridized carbons (Fsp3) is 0.400. The number of rotatable bonds is 7. The normalized spacial score (nSPS) is 23.4. The molecule has 2 aliphatic rings. The van der Waals surface area contributed by atoms with E-state index >= 15 is 0 Å². The number of imidazole rings is 1. The van der Waals surface area contributed by atoms with Gasteiger partial charge in [-0.2, -0.15) is 0 Å². The molecule has 0 spiro atoms. The number of hydrogen-bond donors (Lipinski definition) is 0. The van der Waals surface area contributed by atoms with Crippen LogP contribution in [0.1, 0.15) is 5.56 Å². The van der Waals surface area contributed by atoms with Crippen molar-refractivity contribution in [3.05, 3.63) is 76.8 Å². The van der Waals surface area contributed by atoms with E-state index < -0.39 is 5.79 Å². The molecule has 0 radical (unpaired) electrons. The van der Waals surface area contributed by atoms with Gasteiger partial charge in [-0.05, 0) is 43.4 Å². The number of aromatic nitrogens is 2. The number of piperazine rings is 1. The van der Waals surface area contributed by atoms with Crippen LogP contribution in [0.2, 0.25) is 10.0 Å². The molecule has 0 unspecified atom stereocenters. The Labute approximate surface area is 209 Å². The van der Waals surface area contributed by atoms with Crippen molar-refractivity contribution in [1.29, 1.82) is 0 Å². The average Bonchev–Trinajstić information content (AvgIpc) is 3.49. The maximum Gasteiger partial charge on any atom is 0.215 e. The summed E-state index contributed by atoms with van der Waals surface area (Å²) in [5, 5.41) is 1.05.